The number of rotatable bonds is 5. The summed E-state index contributed by atoms with van der Waals surface area (Å²) in [4.78, 5) is 11.5. The Kier molecular flexibility index (Phi) is 6.18. The predicted molar refractivity (Wildman–Crippen MR) is 81.0 cm³/mol. The molecule has 0 aliphatic carbocycles. The molecule has 2 unspecified atom stereocenters. The molecule has 3 N–H and O–H groups in total. The molecule has 0 saturated carbocycles. The van der Waals surface area contributed by atoms with E-state index in [-0.39, 0.29) is 6.54 Å². The van der Waals surface area contributed by atoms with E-state index in [1.165, 1.54) is 0 Å². The highest BCUT2D eigenvalue weighted by Crippen LogP contribution is 2.17. The molecule has 0 spiro atoms. The standard InChI is InChI=1S/C16H25NO4/c1-5-11-6-8-12(9-7-11)14(19)13(18)10-17-15(20)21-16(2,3)4/h6-9,13-14,18-19H,5,10H2,1-4H3,(H,17,20). The van der Waals surface area contributed by atoms with Crippen molar-refractivity contribution in [3.63, 3.8) is 0 Å². The van der Waals surface area contributed by atoms with E-state index in [9.17, 15) is 15.0 Å². The van der Waals surface area contributed by atoms with E-state index < -0.39 is 23.9 Å². The molecule has 5 nitrogen and oxygen atoms in total. The predicted octanol–water partition coefficient (Wildman–Crippen LogP) is 2.17. The van der Waals surface area contributed by atoms with Gasteiger partial charge in [-0.05, 0) is 38.3 Å². The minimum Gasteiger partial charge on any atom is -0.444 e. The number of benzene rings is 1. The van der Waals surface area contributed by atoms with Gasteiger partial charge in [0.25, 0.3) is 0 Å². The molecule has 0 aliphatic heterocycles. The van der Waals surface area contributed by atoms with Crippen LogP contribution in [0.2, 0.25) is 0 Å². The number of nitrogens with one attached hydrogen (secondary N) is 1. The van der Waals surface area contributed by atoms with Gasteiger partial charge in [-0.2, -0.15) is 0 Å². The summed E-state index contributed by atoms with van der Waals surface area (Å²) in [5.41, 5.74) is 1.18. The lowest BCUT2D eigenvalue weighted by Gasteiger charge is -2.22. The Balaban J connectivity index is 2.50. The number of aliphatic hydroxyl groups excluding tert-OH is 2. The Labute approximate surface area is 125 Å². The highest BCUT2D eigenvalue weighted by molar-refractivity contribution is 5.67. The zero-order valence-electron chi connectivity index (χ0n) is 13.1. The molecule has 1 amide bonds. The molecule has 1 aromatic carbocycles. The minimum atomic E-state index is -1.09. The maximum Gasteiger partial charge on any atom is 0.407 e. The molecule has 0 radical (unpaired) electrons. The van der Waals surface area contributed by atoms with Crippen LogP contribution in [-0.4, -0.2) is 34.6 Å². The van der Waals surface area contributed by atoms with Crippen molar-refractivity contribution in [2.75, 3.05) is 6.54 Å². The van der Waals surface area contributed by atoms with Crippen LogP contribution in [0.1, 0.15) is 44.9 Å². The van der Waals surface area contributed by atoms with Crippen molar-refractivity contribution in [2.24, 2.45) is 0 Å². The van der Waals surface area contributed by atoms with E-state index in [0.29, 0.717) is 5.56 Å². The fourth-order valence-corrected chi connectivity index (χ4v) is 1.79. The number of aliphatic hydroxyl groups is 2. The van der Waals surface area contributed by atoms with Crippen LogP contribution in [0.4, 0.5) is 4.79 Å². The summed E-state index contributed by atoms with van der Waals surface area (Å²) < 4.78 is 5.06. The zero-order valence-corrected chi connectivity index (χ0v) is 13.1. The summed E-state index contributed by atoms with van der Waals surface area (Å²) in [5.74, 6) is 0. The SMILES string of the molecule is CCc1ccc(C(O)C(O)CNC(=O)OC(C)(C)C)cc1. The van der Waals surface area contributed by atoms with Gasteiger partial charge in [-0.3, -0.25) is 0 Å². The van der Waals surface area contributed by atoms with E-state index in [1.54, 1.807) is 32.9 Å². The van der Waals surface area contributed by atoms with Crippen LogP contribution >= 0.6 is 0 Å². The first-order chi connectivity index (χ1) is 9.73. The number of amides is 1. The van der Waals surface area contributed by atoms with Crippen molar-refractivity contribution < 1.29 is 19.7 Å². The summed E-state index contributed by atoms with van der Waals surface area (Å²) in [6.07, 6.45) is -1.84. The van der Waals surface area contributed by atoms with Crippen LogP contribution < -0.4 is 5.32 Å². The van der Waals surface area contributed by atoms with Crippen LogP contribution in [0.3, 0.4) is 0 Å². The summed E-state index contributed by atoms with van der Waals surface area (Å²) in [6, 6.07) is 7.37. The lowest BCUT2D eigenvalue weighted by molar-refractivity contribution is 0.0129. The average Bonchev–Trinajstić information content (AvgIpc) is 2.42. The first-order valence-electron chi connectivity index (χ1n) is 7.14. The average molecular weight is 295 g/mol. The molecule has 1 aromatic rings. The van der Waals surface area contributed by atoms with Crippen LogP contribution in [0, 0.1) is 0 Å². The molecular formula is C16H25NO4. The lowest BCUT2D eigenvalue weighted by Crippen LogP contribution is -2.38. The van der Waals surface area contributed by atoms with Crippen molar-refractivity contribution in [3.8, 4) is 0 Å². The fraction of sp³-hybridized carbons (Fsp3) is 0.562. The molecule has 0 heterocycles. The first-order valence-corrected chi connectivity index (χ1v) is 7.14. The Morgan fingerprint density at radius 1 is 1.24 bits per heavy atom. The maximum atomic E-state index is 11.5. The molecule has 0 aliphatic rings. The van der Waals surface area contributed by atoms with Crippen molar-refractivity contribution in [2.45, 2.75) is 51.9 Å². The quantitative estimate of drug-likeness (QED) is 0.778. The van der Waals surface area contributed by atoms with E-state index in [1.807, 2.05) is 19.1 Å². The van der Waals surface area contributed by atoms with Gasteiger partial charge in [0.05, 0.1) is 0 Å². The third-order valence-electron chi connectivity index (χ3n) is 2.95. The Morgan fingerprint density at radius 3 is 2.29 bits per heavy atom. The second-order valence-corrected chi connectivity index (χ2v) is 5.99. The van der Waals surface area contributed by atoms with E-state index in [4.69, 9.17) is 4.74 Å². The zero-order chi connectivity index (χ0) is 16.0. The molecule has 118 valence electrons. The van der Waals surface area contributed by atoms with Crippen molar-refractivity contribution in [3.05, 3.63) is 35.4 Å². The highest BCUT2D eigenvalue weighted by Gasteiger charge is 2.21. The van der Waals surface area contributed by atoms with Gasteiger partial charge in [0.15, 0.2) is 0 Å². The second kappa shape index (κ2) is 7.43. The fourth-order valence-electron chi connectivity index (χ4n) is 1.79. The molecule has 1 rings (SSSR count). The van der Waals surface area contributed by atoms with Crippen LogP contribution in [-0.2, 0) is 11.2 Å². The number of carbonyl (C=O) groups excluding carboxylic acids is 1. The van der Waals surface area contributed by atoms with Crippen LogP contribution in [0.25, 0.3) is 0 Å². The van der Waals surface area contributed by atoms with Crippen molar-refractivity contribution in [1.82, 2.24) is 5.32 Å². The van der Waals surface area contributed by atoms with Gasteiger partial charge in [0.1, 0.15) is 17.8 Å². The number of ether oxygens (including phenoxy) is 1. The van der Waals surface area contributed by atoms with Gasteiger partial charge in [0.2, 0.25) is 0 Å². The number of hydrogen-bond acceptors (Lipinski definition) is 4. The van der Waals surface area contributed by atoms with Crippen LogP contribution in [0.5, 0.6) is 0 Å². The normalized spacial score (nSPS) is 14.4. The molecular weight excluding hydrogens is 270 g/mol. The maximum absolute atomic E-state index is 11.5. The molecule has 21 heavy (non-hydrogen) atoms. The van der Waals surface area contributed by atoms with Gasteiger partial charge in [-0.1, -0.05) is 31.2 Å². The summed E-state index contributed by atoms with van der Waals surface area (Å²) >= 11 is 0. The van der Waals surface area contributed by atoms with Gasteiger partial charge in [0, 0.05) is 6.54 Å². The Hall–Kier alpha value is -1.59. The van der Waals surface area contributed by atoms with E-state index in [0.717, 1.165) is 12.0 Å². The first kappa shape index (κ1) is 17.5. The van der Waals surface area contributed by atoms with Gasteiger partial charge >= 0.3 is 6.09 Å². The Bertz CT molecular complexity index is 450. The van der Waals surface area contributed by atoms with Crippen LogP contribution in [0.15, 0.2) is 24.3 Å². The molecule has 2 atom stereocenters. The van der Waals surface area contributed by atoms with Gasteiger partial charge in [-0.25, -0.2) is 4.79 Å². The minimum absolute atomic E-state index is 0.0778. The van der Waals surface area contributed by atoms with Gasteiger partial charge in [-0.15, -0.1) is 0 Å². The topological polar surface area (TPSA) is 78.8 Å². The third kappa shape index (κ3) is 6.14. The number of carbonyl (C=O) groups is 1. The lowest BCUT2D eigenvalue weighted by atomic mass is 10.0. The highest BCUT2D eigenvalue weighted by atomic mass is 16.6. The van der Waals surface area contributed by atoms with Crippen molar-refractivity contribution >= 4 is 6.09 Å². The van der Waals surface area contributed by atoms with E-state index >= 15 is 0 Å². The molecule has 0 aromatic heterocycles. The number of alkyl carbamates (subject to hydrolysis) is 1. The molecule has 0 saturated heterocycles. The Morgan fingerprint density at radius 2 is 1.81 bits per heavy atom. The van der Waals surface area contributed by atoms with E-state index in [2.05, 4.69) is 5.32 Å². The third-order valence-corrected chi connectivity index (χ3v) is 2.95. The summed E-state index contributed by atoms with van der Waals surface area (Å²) in [5, 5.41) is 22.4. The summed E-state index contributed by atoms with van der Waals surface area (Å²) in [6.45, 7) is 7.24. The summed E-state index contributed by atoms with van der Waals surface area (Å²) in [7, 11) is 0. The number of hydrogen-bond donors (Lipinski definition) is 3. The molecule has 0 fully saturated rings. The monoisotopic (exact) mass is 295 g/mol. The second-order valence-electron chi connectivity index (χ2n) is 5.99. The number of aryl methyl sites for hydroxylation is 1. The molecule has 0 bridgehead atoms. The largest absolute Gasteiger partial charge is 0.444 e. The molecule has 5 heteroatoms. The van der Waals surface area contributed by atoms with Crippen molar-refractivity contribution in [1.29, 1.82) is 0 Å². The van der Waals surface area contributed by atoms with Gasteiger partial charge < -0.3 is 20.3 Å². The smallest absolute Gasteiger partial charge is 0.407 e.